The molecule has 0 unspecified atom stereocenters. The summed E-state index contributed by atoms with van der Waals surface area (Å²) >= 11 is 3.26. The molecular formula is C10H7BrN4O. The van der Waals surface area contributed by atoms with Crippen LogP contribution in [0.25, 0.3) is 0 Å². The monoisotopic (exact) mass is 278 g/mol. The first kappa shape index (κ1) is 10.6. The van der Waals surface area contributed by atoms with Gasteiger partial charge in [0.25, 0.3) is 0 Å². The zero-order chi connectivity index (χ0) is 11.5. The summed E-state index contributed by atoms with van der Waals surface area (Å²) in [6.07, 6.45) is 1.65. The molecule has 2 heterocycles. The normalized spacial score (nSPS) is 9.81. The maximum Gasteiger partial charge on any atom is 0.239 e. The number of aryl methyl sites for hydroxylation is 1. The summed E-state index contributed by atoms with van der Waals surface area (Å²) in [5, 5.41) is 12.8. The molecule has 2 aromatic heterocycles. The topological polar surface area (TPSA) is 63.7 Å². The molecule has 5 nitrogen and oxygen atoms in total. The van der Waals surface area contributed by atoms with E-state index in [1.54, 1.807) is 31.4 Å². The van der Waals surface area contributed by atoms with Crippen molar-refractivity contribution in [2.75, 3.05) is 0 Å². The van der Waals surface area contributed by atoms with E-state index in [-0.39, 0.29) is 0 Å². The van der Waals surface area contributed by atoms with Crippen LogP contribution >= 0.6 is 15.9 Å². The Morgan fingerprint density at radius 1 is 1.56 bits per heavy atom. The number of halogens is 1. The summed E-state index contributed by atoms with van der Waals surface area (Å²) < 4.78 is 7.53. The van der Waals surface area contributed by atoms with Crippen LogP contribution in [0.1, 0.15) is 5.69 Å². The van der Waals surface area contributed by atoms with Gasteiger partial charge < -0.3 is 4.74 Å². The van der Waals surface area contributed by atoms with Crippen molar-refractivity contribution in [3.63, 3.8) is 0 Å². The van der Waals surface area contributed by atoms with Crippen molar-refractivity contribution in [3.8, 4) is 17.7 Å². The molecule has 0 spiro atoms. The van der Waals surface area contributed by atoms with Crippen molar-refractivity contribution < 1.29 is 4.74 Å². The lowest BCUT2D eigenvalue weighted by Crippen LogP contribution is -1.94. The quantitative estimate of drug-likeness (QED) is 0.791. The maximum absolute atomic E-state index is 8.76. The Hall–Kier alpha value is -1.87. The molecule has 0 fully saturated rings. The molecule has 16 heavy (non-hydrogen) atoms. The zero-order valence-electron chi connectivity index (χ0n) is 8.38. The Labute approximate surface area is 100 Å². The molecule has 0 aliphatic rings. The molecule has 0 amide bonds. The summed E-state index contributed by atoms with van der Waals surface area (Å²) in [6, 6.07) is 7.10. The Balaban J connectivity index is 2.28. The van der Waals surface area contributed by atoms with Gasteiger partial charge in [-0.25, -0.2) is 4.98 Å². The van der Waals surface area contributed by atoms with Crippen molar-refractivity contribution in [1.29, 1.82) is 5.26 Å². The molecule has 0 atom stereocenters. The minimum absolute atomic E-state index is 0.368. The van der Waals surface area contributed by atoms with E-state index >= 15 is 0 Å². The third kappa shape index (κ3) is 2.04. The van der Waals surface area contributed by atoms with Crippen molar-refractivity contribution in [3.05, 3.63) is 34.7 Å². The fraction of sp³-hybridized carbons (Fsp3) is 0.100. The van der Waals surface area contributed by atoms with Crippen LogP contribution in [0.15, 0.2) is 29.0 Å². The molecule has 0 aliphatic heterocycles. The molecule has 0 aromatic carbocycles. The Morgan fingerprint density at radius 2 is 2.38 bits per heavy atom. The van der Waals surface area contributed by atoms with Gasteiger partial charge in [0.15, 0.2) is 5.75 Å². The van der Waals surface area contributed by atoms with E-state index < -0.39 is 0 Å². The number of nitriles is 1. The molecule has 0 bridgehead atoms. The Bertz CT molecular complexity index is 558. The average Bonchev–Trinajstić information content (AvgIpc) is 2.62. The van der Waals surface area contributed by atoms with Gasteiger partial charge in [-0.15, -0.1) is 5.10 Å². The van der Waals surface area contributed by atoms with E-state index in [4.69, 9.17) is 10.00 Å². The number of ether oxygens (including phenoxy) is 1. The predicted octanol–water partition coefficient (Wildman–Crippen LogP) is 2.24. The molecule has 80 valence electrons. The van der Waals surface area contributed by atoms with Gasteiger partial charge in [0.1, 0.15) is 16.4 Å². The third-order valence-electron chi connectivity index (χ3n) is 1.91. The predicted molar refractivity (Wildman–Crippen MR) is 59.9 cm³/mol. The standard InChI is InChI=1S/C10H7BrN4O/c1-15-7(6-12)5-9(14-15)16-8-3-2-4-13-10(8)11/h2-5H,1H3. The Kier molecular flexibility index (Phi) is 2.88. The van der Waals surface area contributed by atoms with Crippen LogP contribution in [-0.2, 0) is 7.05 Å². The van der Waals surface area contributed by atoms with E-state index in [1.807, 2.05) is 6.07 Å². The second-order valence-corrected chi connectivity index (χ2v) is 3.75. The molecular weight excluding hydrogens is 272 g/mol. The number of rotatable bonds is 2. The third-order valence-corrected chi connectivity index (χ3v) is 2.51. The lowest BCUT2D eigenvalue weighted by atomic mass is 10.4. The fourth-order valence-corrected chi connectivity index (χ4v) is 1.49. The highest BCUT2D eigenvalue weighted by atomic mass is 79.9. The van der Waals surface area contributed by atoms with Gasteiger partial charge in [0.2, 0.25) is 5.88 Å². The molecule has 0 radical (unpaired) electrons. The van der Waals surface area contributed by atoms with Crippen molar-refractivity contribution in [2.24, 2.45) is 7.05 Å². The molecule has 0 N–H and O–H groups in total. The van der Waals surface area contributed by atoms with E-state index in [1.165, 1.54) is 4.68 Å². The SMILES string of the molecule is Cn1nc(Oc2cccnc2Br)cc1C#N. The van der Waals surface area contributed by atoms with Crippen LogP contribution in [0.3, 0.4) is 0 Å². The summed E-state index contributed by atoms with van der Waals surface area (Å²) in [4.78, 5) is 4.02. The van der Waals surface area contributed by atoms with E-state index in [9.17, 15) is 0 Å². The fourth-order valence-electron chi connectivity index (χ4n) is 1.16. The molecule has 6 heteroatoms. The molecule has 2 aromatic rings. The number of aromatic nitrogens is 3. The summed E-state index contributed by atoms with van der Waals surface area (Å²) in [5.41, 5.74) is 0.440. The number of hydrogen-bond acceptors (Lipinski definition) is 4. The first-order valence-corrected chi connectivity index (χ1v) is 5.22. The molecule has 2 rings (SSSR count). The van der Waals surface area contributed by atoms with E-state index in [0.29, 0.717) is 21.9 Å². The van der Waals surface area contributed by atoms with Crippen LogP contribution in [0.5, 0.6) is 11.6 Å². The summed E-state index contributed by atoms with van der Waals surface area (Å²) in [7, 11) is 1.68. The number of nitrogens with zero attached hydrogens (tertiary/aromatic N) is 4. The largest absolute Gasteiger partial charge is 0.435 e. The van der Waals surface area contributed by atoms with E-state index in [0.717, 1.165) is 0 Å². The summed E-state index contributed by atoms with van der Waals surface area (Å²) in [6.45, 7) is 0. The van der Waals surface area contributed by atoms with Gasteiger partial charge in [-0.2, -0.15) is 5.26 Å². The first-order chi connectivity index (χ1) is 7.70. The van der Waals surface area contributed by atoms with Gasteiger partial charge in [-0.05, 0) is 28.1 Å². The minimum atomic E-state index is 0.368. The van der Waals surface area contributed by atoms with Crippen LogP contribution in [0.2, 0.25) is 0 Å². The average molecular weight is 279 g/mol. The first-order valence-electron chi connectivity index (χ1n) is 4.43. The van der Waals surface area contributed by atoms with Gasteiger partial charge in [0.05, 0.1) is 0 Å². The van der Waals surface area contributed by atoms with Crippen LogP contribution in [-0.4, -0.2) is 14.8 Å². The highest BCUT2D eigenvalue weighted by molar-refractivity contribution is 9.10. The van der Waals surface area contributed by atoms with Crippen LogP contribution in [0, 0.1) is 11.3 Å². The smallest absolute Gasteiger partial charge is 0.239 e. The van der Waals surface area contributed by atoms with Crippen molar-refractivity contribution >= 4 is 15.9 Å². The van der Waals surface area contributed by atoms with Crippen molar-refractivity contribution in [2.45, 2.75) is 0 Å². The zero-order valence-corrected chi connectivity index (χ0v) is 9.97. The van der Waals surface area contributed by atoms with Gasteiger partial charge in [-0.3, -0.25) is 4.68 Å². The highest BCUT2D eigenvalue weighted by Gasteiger charge is 2.08. The maximum atomic E-state index is 8.76. The lowest BCUT2D eigenvalue weighted by molar-refractivity contribution is 0.449. The highest BCUT2D eigenvalue weighted by Crippen LogP contribution is 2.26. The molecule has 0 aliphatic carbocycles. The summed E-state index contributed by atoms with van der Waals surface area (Å²) in [5.74, 6) is 0.929. The molecule has 0 saturated heterocycles. The second-order valence-electron chi connectivity index (χ2n) is 3.00. The van der Waals surface area contributed by atoms with Crippen LogP contribution in [0.4, 0.5) is 0 Å². The lowest BCUT2D eigenvalue weighted by Gasteiger charge is -2.02. The number of hydrogen-bond donors (Lipinski definition) is 0. The molecule has 0 saturated carbocycles. The van der Waals surface area contributed by atoms with Gasteiger partial charge >= 0.3 is 0 Å². The second kappa shape index (κ2) is 4.33. The van der Waals surface area contributed by atoms with Gasteiger partial charge in [-0.1, -0.05) is 0 Å². The Morgan fingerprint density at radius 3 is 3.00 bits per heavy atom. The number of pyridine rings is 1. The minimum Gasteiger partial charge on any atom is -0.435 e. The van der Waals surface area contributed by atoms with Gasteiger partial charge in [0, 0.05) is 19.3 Å². The van der Waals surface area contributed by atoms with Crippen LogP contribution < -0.4 is 4.74 Å². The van der Waals surface area contributed by atoms with Crippen molar-refractivity contribution in [1.82, 2.24) is 14.8 Å². The van der Waals surface area contributed by atoms with E-state index in [2.05, 4.69) is 26.0 Å².